The molecule has 44 heteroatoms. The number of aromatic nitrogens is 17. The molecule has 4 amide bonds. The molecule has 9 fully saturated rings. The van der Waals surface area contributed by atoms with Crippen LogP contribution in [0.15, 0.2) is 143 Å². The maximum atomic E-state index is 13.2. The van der Waals surface area contributed by atoms with E-state index in [0.29, 0.717) is 141 Å². The van der Waals surface area contributed by atoms with E-state index in [2.05, 4.69) is 103 Å². The average Bonchev–Trinajstić information content (AvgIpc) is 1.57. The van der Waals surface area contributed by atoms with Gasteiger partial charge in [0.05, 0.1) is 146 Å². The van der Waals surface area contributed by atoms with Crippen LogP contribution in [0.25, 0.3) is 44.9 Å². The molecule has 11 N–H and O–H groups in total. The van der Waals surface area contributed by atoms with Crippen molar-refractivity contribution in [3.05, 3.63) is 182 Å². The Hall–Kier alpha value is -13.9. The molecule has 22 rings (SSSR count). The lowest BCUT2D eigenvalue weighted by molar-refractivity contribution is 0.00509. The van der Waals surface area contributed by atoms with Crippen molar-refractivity contribution in [2.24, 2.45) is 11.8 Å². The maximum absolute atomic E-state index is 13.2. The Morgan fingerprint density at radius 3 is 1.08 bits per heavy atom. The monoisotopic (exact) mass is 1890 g/mol. The van der Waals surface area contributed by atoms with Crippen molar-refractivity contribution in [2.45, 2.75) is 168 Å². The summed E-state index contributed by atoms with van der Waals surface area (Å²) in [5, 5.41) is 53.5. The highest BCUT2D eigenvalue weighted by atomic mass is 16.5. The van der Waals surface area contributed by atoms with Gasteiger partial charge in [0.25, 0.3) is 40.3 Å². The number of nitrogens with one attached hydrogen (secondary N) is 11. The van der Waals surface area contributed by atoms with Crippen LogP contribution in [0.2, 0.25) is 0 Å². The summed E-state index contributed by atoms with van der Waals surface area (Å²) in [6.45, 7) is 2.50. The second-order valence-electron chi connectivity index (χ2n) is 35.8. The summed E-state index contributed by atoms with van der Waals surface area (Å²) in [7, 11) is 18.8. The molecule has 9 aliphatic rings. The predicted octanol–water partition coefficient (Wildman–Crippen LogP) is 7.55. The highest BCUT2D eigenvalue weighted by Gasteiger charge is 2.56. The molecule has 13 atom stereocenters. The SMILES string of the molecule is CNc1cc(-c2cn([C@@H]3COC[C@H]3OC)c3ncccc23)nn2c(C(=O)NC3CC[C@@H]3OC)cnc12.CNc1cc(Nc2cccn(C3CC(OC)C3)c2=O)nn2c(C(=O)N[C@@H]3CC[C@H]3OC)cnc12.CNc1cc(Nc2cccn(C3CC(OC)C3)c2=O)nn2c(C(=O)N[C@H]3CC[C@@H]3OC)cnc12.CNc1cc(Nc2cccn(C3[C@H]4COC[C@@H]34)c2=O)nn2c(C(=O)N[C@@H]3CC[C@H]3OC)cnc12. The molecule has 0 aromatic carbocycles. The van der Waals surface area contributed by atoms with Gasteiger partial charge in [0, 0.05) is 168 Å². The zero-order chi connectivity index (χ0) is 95.8. The number of methoxy groups -OCH3 is 7. The first-order valence-corrected chi connectivity index (χ1v) is 46.5. The fourth-order valence-corrected chi connectivity index (χ4v) is 19.3. The maximum Gasteiger partial charge on any atom is 0.274 e. The lowest BCUT2D eigenvalue weighted by Crippen LogP contribution is -2.51. The van der Waals surface area contributed by atoms with Crippen molar-refractivity contribution >= 4 is 115 Å². The molecule has 2 unspecified atom stereocenters. The molecule has 2 aliphatic heterocycles. The third kappa shape index (κ3) is 18.0. The summed E-state index contributed by atoms with van der Waals surface area (Å²) in [6, 6.07) is 22.2. The number of carbonyl (C=O) groups is 4. The third-order valence-electron chi connectivity index (χ3n) is 28.3. The van der Waals surface area contributed by atoms with Gasteiger partial charge < -0.3 is 119 Å². The minimum atomic E-state index is -0.272. The first-order chi connectivity index (χ1) is 67.2. The van der Waals surface area contributed by atoms with Gasteiger partial charge in [0.15, 0.2) is 62.8 Å². The molecule has 7 aliphatic carbocycles. The van der Waals surface area contributed by atoms with Gasteiger partial charge >= 0.3 is 0 Å². The number of rotatable bonds is 30. The third-order valence-corrected chi connectivity index (χ3v) is 28.3. The Labute approximate surface area is 790 Å². The van der Waals surface area contributed by atoms with Gasteiger partial charge in [-0.15, -0.1) is 15.3 Å². The largest absolute Gasteiger partial charge is 0.385 e. The van der Waals surface area contributed by atoms with Crippen LogP contribution in [0.1, 0.15) is 143 Å². The number of carbonyl (C=O) groups excluding carboxylic acids is 4. The highest BCUT2D eigenvalue weighted by Crippen LogP contribution is 2.54. The molecule has 138 heavy (non-hydrogen) atoms. The van der Waals surface area contributed by atoms with Gasteiger partial charge in [0.2, 0.25) is 0 Å². The van der Waals surface area contributed by atoms with Gasteiger partial charge in [-0.05, 0) is 132 Å². The minimum Gasteiger partial charge on any atom is -0.385 e. The first-order valence-electron chi connectivity index (χ1n) is 46.5. The Morgan fingerprint density at radius 1 is 0.370 bits per heavy atom. The van der Waals surface area contributed by atoms with Gasteiger partial charge in [-0.25, -0.2) is 43.0 Å². The van der Waals surface area contributed by atoms with E-state index < -0.39 is 0 Å². The van der Waals surface area contributed by atoms with E-state index in [-0.39, 0.29) is 131 Å². The number of ether oxygens (including phenoxy) is 9. The highest BCUT2D eigenvalue weighted by molar-refractivity contribution is 5.98. The number of fused-ring (bicyclic) bond motifs is 6. The standard InChI is InChI=1S/C25H29N7O4.C23H27N7O4.2C23H29N7O4/c1-26-18-9-17(30-32-19(10-28-24(18)32)25(33)29-16-6-7-21(16)34-2)15-11-31(20-12-36-13-22(20)35-3)23-14(15)5-4-8-27-23;1-24-16-8-19(26-15-4-3-7-29(23(15)32)20-12-10-34-11-13(12)20)28-30-17(9-25-21(16)30)22(31)27-14-5-6-18(14)33-2;2*1-24-17-11-20(26-16-5-4-8-29(23(16)32)13-9-14(10-13)33-2)28-30-18(12-25-21(17)30)22(31)27-15-6-7-19(15)34-3/h4-5,8-11,16,20-22,26H,6-7,12-13H2,1-3H3,(H,29,33);3-4,7-9,12-14,18,20,24H,5-6,10-11H2,1-2H3,(H,26,28)(H,27,31);2*4-5,8,11-15,19,24H,6-7,9-10H2,1-3H3,(H,26,28)(H,27,31)/t16?,20-,21+,22-;12-,13+,14-,18-,20?;2*13?,14?,15-,19-/m1110/s1. The van der Waals surface area contributed by atoms with Crippen LogP contribution < -0.4 is 75.2 Å². The van der Waals surface area contributed by atoms with Gasteiger partial charge in [-0.1, -0.05) is 0 Å². The lowest BCUT2D eigenvalue weighted by atomic mass is 9.89. The molecule has 0 radical (unpaired) electrons. The number of imidazole rings is 4. The summed E-state index contributed by atoms with van der Waals surface area (Å²) in [4.78, 5) is 114. The number of nitrogens with zero attached hydrogens (tertiary/aromatic N) is 17. The van der Waals surface area contributed by atoms with Crippen LogP contribution in [-0.2, 0) is 42.6 Å². The van der Waals surface area contributed by atoms with E-state index in [1.807, 2.05) is 55.8 Å². The van der Waals surface area contributed by atoms with Gasteiger partial charge in [-0.2, -0.15) is 5.10 Å². The molecule has 0 bridgehead atoms. The lowest BCUT2D eigenvalue weighted by Gasteiger charge is -2.35. The molecular weight excluding hydrogens is 1780 g/mol. The van der Waals surface area contributed by atoms with E-state index >= 15 is 0 Å². The zero-order valence-corrected chi connectivity index (χ0v) is 78.4. The molecule has 7 saturated carbocycles. The zero-order valence-electron chi connectivity index (χ0n) is 78.4. The first kappa shape index (κ1) is 93.2. The molecule has 726 valence electrons. The van der Waals surface area contributed by atoms with E-state index in [9.17, 15) is 33.6 Å². The van der Waals surface area contributed by atoms with Crippen LogP contribution >= 0.6 is 0 Å². The van der Waals surface area contributed by atoms with Crippen LogP contribution in [0.3, 0.4) is 0 Å². The summed E-state index contributed by atoms with van der Waals surface area (Å²) in [6.07, 6.45) is 26.2. The topological polar surface area (TPSA) is 488 Å². The van der Waals surface area contributed by atoms with E-state index in [1.165, 1.54) is 32.1 Å². The van der Waals surface area contributed by atoms with E-state index in [0.717, 1.165) is 99.3 Å². The van der Waals surface area contributed by atoms with Gasteiger partial charge in [-0.3, -0.25) is 33.6 Å². The van der Waals surface area contributed by atoms with Crippen LogP contribution in [-0.4, -0.2) is 277 Å². The molecule has 0 spiro atoms. The fraction of sp³-hybridized carbons (Fsp3) is 0.468. The smallest absolute Gasteiger partial charge is 0.274 e. The molecule has 2 saturated heterocycles. The molecule has 13 aromatic heterocycles. The molecule has 15 heterocycles. The number of amides is 4. The Balaban J connectivity index is 0.000000118. The Kier molecular flexibility index (Phi) is 27.0. The van der Waals surface area contributed by atoms with Crippen molar-refractivity contribution < 1.29 is 61.8 Å². The summed E-state index contributed by atoms with van der Waals surface area (Å²) in [5.74, 6) is 1.05. The van der Waals surface area contributed by atoms with Crippen molar-refractivity contribution in [1.29, 1.82) is 0 Å². The normalized spacial score (nSPS) is 24.6. The predicted molar refractivity (Wildman–Crippen MR) is 512 cm³/mol. The number of hydrogen-bond donors (Lipinski definition) is 11. The quantitative estimate of drug-likeness (QED) is 0.0207. The van der Waals surface area contributed by atoms with Crippen molar-refractivity contribution in [3.63, 3.8) is 0 Å². The second kappa shape index (κ2) is 40.1. The second-order valence-corrected chi connectivity index (χ2v) is 35.8. The molecule has 44 nitrogen and oxygen atoms in total. The Bertz CT molecular complexity index is 6680. The fourth-order valence-electron chi connectivity index (χ4n) is 19.3. The van der Waals surface area contributed by atoms with Crippen molar-refractivity contribution in [2.75, 3.05) is 142 Å². The summed E-state index contributed by atoms with van der Waals surface area (Å²) >= 11 is 0. The van der Waals surface area contributed by atoms with Crippen LogP contribution in [0.5, 0.6) is 0 Å². The van der Waals surface area contributed by atoms with Gasteiger partial charge in [0.1, 0.15) is 28.8 Å². The minimum absolute atomic E-state index is 0.000516. The van der Waals surface area contributed by atoms with Crippen molar-refractivity contribution in [1.82, 2.24) is 103 Å². The van der Waals surface area contributed by atoms with Crippen LogP contribution in [0, 0.1) is 11.8 Å². The summed E-state index contributed by atoms with van der Waals surface area (Å²) in [5.41, 5.74) is 9.51. The average molecular weight is 1890 g/mol. The number of anilines is 10. The van der Waals surface area contributed by atoms with Crippen LogP contribution in [0.4, 0.5) is 57.3 Å². The van der Waals surface area contributed by atoms with Crippen molar-refractivity contribution in [3.8, 4) is 11.3 Å². The number of pyridine rings is 4. The molecule has 13 aromatic rings. The molecular formula is C94H114N28O16. The van der Waals surface area contributed by atoms with E-state index in [1.54, 1.807) is 150 Å². The van der Waals surface area contributed by atoms with E-state index in [4.69, 9.17) is 47.7 Å². The summed E-state index contributed by atoms with van der Waals surface area (Å²) < 4.78 is 62.5. The number of hydrogen-bond acceptors (Lipinski definition) is 32. The Morgan fingerprint density at radius 2 is 0.725 bits per heavy atom.